The van der Waals surface area contributed by atoms with E-state index in [1.165, 1.54) is 12.5 Å². The smallest absolute Gasteiger partial charge is 1.00 e. The Kier molecular flexibility index (Phi) is 6.28. The molecule has 0 unspecified atom stereocenters. The van der Waals surface area contributed by atoms with Crippen molar-refractivity contribution in [2.45, 2.75) is 0 Å². The molecule has 0 saturated heterocycles. The van der Waals surface area contributed by atoms with Crippen LogP contribution in [0.2, 0.25) is 0 Å². The van der Waals surface area contributed by atoms with E-state index in [0.29, 0.717) is 0 Å². The van der Waals surface area contributed by atoms with Crippen molar-refractivity contribution < 1.29 is 57.0 Å². The van der Waals surface area contributed by atoms with Crippen molar-refractivity contribution in [3.8, 4) is 0 Å². The number of rotatable bonds is 0. The quantitative estimate of drug-likeness (QED) is 0.362. The van der Waals surface area contributed by atoms with E-state index in [4.69, 9.17) is 4.78 Å². The van der Waals surface area contributed by atoms with Crippen LogP contribution < -0.4 is 51.4 Å². The molecule has 0 atom stereocenters. The summed E-state index contributed by atoms with van der Waals surface area (Å²) in [5.74, 6) is 0. The Balaban J connectivity index is -0.0000000800. The molecule has 1 N–H and O–H groups in total. The van der Waals surface area contributed by atoms with Gasteiger partial charge in [0.2, 0.25) is 0 Å². The Labute approximate surface area is 82.6 Å². The zero-order chi connectivity index (χ0) is 4.50. The van der Waals surface area contributed by atoms with Crippen molar-refractivity contribution >= 4 is 9.73 Å². The topological polar surface area (TPSA) is 40.9 Å². The molecule has 0 spiro atoms. The summed E-state index contributed by atoms with van der Waals surface area (Å²) in [6.45, 7) is 0. The fourth-order valence-corrected chi connectivity index (χ4v) is 0. The molecule has 0 rings (SSSR count). The minimum atomic E-state index is -2.17. The molecule has 34 valence electrons. The first-order valence-corrected chi connectivity index (χ1v) is 3.56. The van der Waals surface area contributed by atoms with E-state index in [1.54, 1.807) is 0 Å². The van der Waals surface area contributed by atoms with E-state index in [-0.39, 0.29) is 52.8 Å². The van der Waals surface area contributed by atoms with E-state index in [1.807, 2.05) is 0 Å². The van der Waals surface area contributed by atoms with Gasteiger partial charge in [0.25, 0.3) is 0 Å². The van der Waals surface area contributed by atoms with Crippen LogP contribution in [0.1, 0.15) is 1.43 Å². The minimum Gasteiger partial charge on any atom is -1.00 e. The Morgan fingerprint density at radius 2 is 1.67 bits per heavy atom. The second kappa shape index (κ2) is 3.57. The third kappa shape index (κ3) is 46.7. The molecule has 0 heterocycles. The van der Waals surface area contributed by atoms with Crippen LogP contribution in [-0.4, -0.2) is 16.7 Å². The van der Waals surface area contributed by atoms with Gasteiger partial charge in [-0.3, -0.25) is 8.99 Å². The Bertz CT molecular complexity index is 101. The summed E-state index contributed by atoms with van der Waals surface area (Å²) < 4.78 is 16.3. The molecule has 0 amide bonds. The van der Waals surface area contributed by atoms with Gasteiger partial charge in [0.1, 0.15) is 0 Å². The first-order chi connectivity index (χ1) is 2.00. The predicted octanol–water partition coefficient (Wildman–Crippen LogP) is -2.59. The van der Waals surface area contributed by atoms with Crippen molar-refractivity contribution in [1.82, 2.24) is 0 Å². The molecule has 4 heteroatoms. The average molecular weight is 133 g/mol. The third-order valence-corrected chi connectivity index (χ3v) is 0. The van der Waals surface area contributed by atoms with E-state index in [2.05, 4.69) is 0 Å². The van der Waals surface area contributed by atoms with Gasteiger partial charge in [0.05, 0.1) is 0 Å². The first kappa shape index (κ1) is 10.5. The summed E-state index contributed by atoms with van der Waals surface area (Å²) in [7, 11) is -2.17. The second-order valence-corrected chi connectivity index (χ2v) is 3.70. The van der Waals surface area contributed by atoms with E-state index in [9.17, 15) is 4.21 Å². The maximum atomic E-state index is 9.85. The van der Waals surface area contributed by atoms with Crippen LogP contribution in [0.5, 0.6) is 0 Å². The van der Waals surface area contributed by atoms with Gasteiger partial charge in [-0.2, -0.15) is 0 Å². The van der Waals surface area contributed by atoms with Gasteiger partial charge < -0.3 is 1.43 Å². The summed E-state index contributed by atoms with van der Waals surface area (Å²) >= 11 is 0. The van der Waals surface area contributed by atoms with Crippen LogP contribution in [0.4, 0.5) is 0 Å². The molecule has 0 aliphatic heterocycles. The minimum absolute atomic E-state index is 0. The number of nitrogens with one attached hydrogen (secondary N) is 1. The monoisotopic (exact) mass is 133 g/mol. The molecule has 0 aromatic rings. The van der Waals surface area contributed by atoms with Gasteiger partial charge in [-0.05, 0) is 0 Å². The van der Waals surface area contributed by atoms with Crippen LogP contribution in [-0.2, 0) is 9.73 Å². The Hall–Kier alpha value is 1.59. The maximum Gasteiger partial charge on any atom is 1.00 e. The summed E-state index contributed by atoms with van der Waals surface area (Å²) in [6.07, 6.45) is 2.76. The van der Waals surface area contributed by atoms with E-state index >= 15 is 0 Å². The number of hydrogen-bond acceptors (Lipinski definition) is 2. The van der Waals surface area contributed by atoms with E-state index < -0.39 is 9.73 Å². The average Bonchev–Trinajstić information content (AvgIpc) is 0.722. The third-order valence-electron chi connectivity index (χ3n) is 0. The molecule has 0 aromatic heterocycles. The molecular weight excluding hydrogens is 125 g/mol. The van der Waals surface area contributed by atoms with Crippen LogP contribution >= 0.6 is 0 Å². The number of hydrogen-bond donors (Lipinski definition) is 1. The molecule has 0 aliphatic rings. The van der Waals surface area contributed by atoms with Gasteiger partial charge in [-0.15, -0.1) is 0 Å². The maximum absolute atomic E-state index is 9.85. The molecule has 6 heavy (non-hydrogen) atoms. The summed E-state index contributed by atoms with van der Waals surface area (Å²) in [5.41, 5.74) is 0. The molecule has 0 saturated carbocycles. The SMILES string of the molecule is CS(C)(=N)=O.[H-].[K+]. The van der Waals surface area contributed by atoms with Gasteiger partial charge in [-0.25, -0.2) is 0 Å². The first-order valence-electron chi connectivity index (χ1n) is 1.19. The Morgan fingerprint density at radius 3 is 1.67 bits per heavy atom. The molecule has 0 aromatic carbocycles. The molecule has 0 fully saturated rings. The van der Waals surface area contributed by atoms with Gasteiger partial charge in [-0.1, -0.05) is 0 Å². The molecule has 0 aliphatic carbocycles. The Morgan fingerprint density at radius 1 is 1.67 bits per heavy atom. The van der Waals surface area contributed by atoms with Crippen molar-refractivity contribution in [1.29, 1.82) is 4.78 Å². The molecular formula is C2H8KNOS. The van der Waals surface area contributed by atoms with Crippen molar-refractivity contribution in [3.63, 3.8) is 0 Å². The van der Waals surface area contributed by atoms with Crippen molar-refractivity contribution in [2.24, 2.45) is 0 Å². The predicted molar refractivity (Wildman–Crippen MR) is 23.8 cm³/mol. The van der Waals surface area contributed by atoms with Crippen LogP contribution in [0.15, 0.2) is 0 Å². The van der Waals surface area contributed by atoms with Crippen molar-refractivity contribution in [3.05, 3.63) is 0 Å². The van der Waals surface area contributed by atoms with Gasteiger partial charge in [0, 0.05) is 22.2 Å². The van der Waals surface area contributed by atoms with Crippen molar-refractivity contribution in [2.75, 3.05) is 12.5 Å². The summed E-state index contributed by atoms with van der Waals surface area (Å²) in [4.78, 5) is 0. The van der Waals surface area contributed by atoms with Crippen LogP contribution in [0, 0.1) is 4.78 Å². The normalized spacial score (nSPS) is 9.67. The van der Waals surface area contributed by atoms with Gasteiger partial charge >= 0.3 is 51.4 Å². The van der Waals surface area contributed by atoms with E-state index in [0.717, 1.165) is 0 Å². The molecule has 0 radical (unpaired) electrons. The fourth-order valence-electron chi connectivity index (χ4n) is 0. The molecule has 2 nitrogen and oxygen atoms in total. The van der Waals surface area contributed by atoms with Crippen LogP contribution in [0.3, 0.4) is 0 Å². The summed E-state index contributed by atoms with van der Waals surface area (Å²) in [6, 6.07) is 0. The summed E-state index contributed by atoms with van der Waals surface area (Å²) in [5, 5.41) is 0. The fraction of sp³-hybridized carbons (Fsp3) is 1.00. The molecule has 0 bridgehead atoms. The van der Waals surface area contributed by atoms with Gasteiger partial charge in [0.15, 0.2) is 0 Å². The van der Waals surface area contributed by atoms with Crippen LogP contribution in [0.25, 0.3) is 0 Å². The zero-order valence-corrected chi connectivity index (χ0v) is 8.26. The second-order valence-electron chi connectivity index (χ2n) is 1.23. The zero-order valence-electron chi connectivity index (χ0n) is 5.32. The standard InChI is InChI=1S/C2H7NOS.K.H/c1-5(2,3)4;;/h3H,1-2H3;;/q;+1;-1. The largest absolute Gasteiger partial charge is 1.00 e.